The van der Waals surface area contributed by atoms with Crippen molar-refractivity contribution in [3.8, 4) is 5.75 Å². The first kappa shape index (κ1) is 25.1. The Balaban J connectivity index is 1.34. The predicted molar refractivity (Wildman–Crippen MR) is 130 cm³/mol. The number of aliphatic imine (C=N–C) groups is 1. The smallest absolute Gasteiger partial charge is 0.309 e. The Morgan fingerprint density at radius 3 is 2.58 bits per heavy atom. The molecule has 3 rings (SSSR count). The van der Waals surface area contributed by atoms with Crippen LogP contribution in [0.25, 0.3) is 0 Å². The molecule has 2 aliphatic rings. The monoisotopic (exact) mass is 457 g/mol. The van der Waals surface area contributed by atoms with E-state index in [1.165, 1.54) is 26.4 Å². The van der Waals surface area contributed by atoms with Crippen LogP contribution in [0.4, 0.5) is 0 Å². The molecule has 0 aromatic heterocycles. The molecular formula is C26H39N3O4. The van der Waals surface area contributed by atoms with E-state index in [-0.39, 0.29) is 5.97 Å². The minimum Gasteiger partial charge on any atom is -0.494 e. The molecule has 0 bridgehead atoms. The quantitative estimate of drug-likeness (QED) is 0.329. The van der Waals surface area contributed by atoms with Gasteiger partial charge < -0.3 is 24.4 Å². The van der Waals surface area contributed by atoms with Crippen LogP contribution in [0.5, 0.6) is 5.75 Å². The fourth-order valence-electron chi connectivity index (χ4n) is 4.74. The maximum absolute atomic E-state index is 11.4. The standard InChI is InChI=1S/C26H39N3O4/c1-19(18-31-3)17-28-26(27-2)29-12-9-21(10-13-29)24-16-22(24)11-14-33-23-7-5-20(6-8-23)15-25(30)32-4/h5-8,17,21-22,24H,9-16,18H2,1-4H3,(H,27,28)/b19-17+. The molecule has 1 aromatic carbocycles. The lowest BCUT2D eigenvalue weighted by Gasteiger charge is -2.34. The highest BCUT2D eigenvalue weighted by molar-refractivity contribution is 5.81. The van der Waals surface area contributed by atoms with Gasteiger partial charge in [-0.05, 0) is 73.6 Å². The van der Waals surface area contributed by atoms with Crippen molar-refractivity contribution in [2.45, 2.75) is 39.0 Å². The van der Waals surface area contributed by atoms with Crippen LogP contribution >= 0.6 is 0 Å². The number of carbonyl (C=O) groups excluding carboxylic acids is 1. The summed E-state index contributed by atoms with van der Waals surface area (Å²) >= 11 is 0. The molecule has 1 aliphatic carbocycles. The molecular weight excluding hydrogens is 418 g/mol. The Kier molecular flexibility index (Phi) is 9.61. The number of hydrogen-bond acceptors (Lipinski definition) is 5. The molecule has 33 heavy (non-hydrogen) atoms. The van der Waals surface area contributed by atoms with Gasteiger partial charge in [-0.3, -0.25) is 9.79 Å². The van der Waals surface area contributed by atoms with Crippen LogP contribution in [-0.2, 0) is 20.7 Å². The van der Waals surface area contributed by atoms with Crippen molar-refractivity contribution in [1.82, 2.24) is 10.2 Å². The van der Waals surface area contributed by atoms with Gasteiger partial charge in [0.1, 0.15) is 5.75 Å². The Labute approximate surface area is 198 Å². The van der Waals surface area contributed by atoms with E-state index in [1.54, 1.807) is 7.11 Å². The maximum atomic E-state index is 11.4. The third kappa shape index (κ3) is 7.77. The molecule has 1 aliphatic heterocycles. The SMILES string of the molecule is CN=C(N/C=C(\C)COC)N1CCC(C2CC2CCOc2ccc(CC(=O)OC)cc2)CC1. The highest BCUT2D eigenvalue weighted by Gasteiger charge is 2.43. The van der Waals surface area contributed by atoms with Gasteiger partial charge in [-0.1, -0.05) is 12.1 Å². The second-order valence-electron chi connectivity index (χ2n) is 9.13. The van der Waals surface area contributed by atoms with Gasteiger partial charge in [0, 0.05) is 33.4 Å². The van der Waals surface area contributed by atoms with Crippen LogP contribution < -0.4 is 10.1 Å². The van der Waals surface area contributed by atoms with Crippen LogP contribution in [0.3, 0.4) is 0 Å². The van der Waals surface area contributed by atoms with E-state index in [4.69, 9.17) is 14.2 Å². The summed E-state index contributed by atoms with van der Waals surface area (Å²) in [5.74, 6) is 4.03. The molecule has 7 nitrogen and oxygen atoms in total. The summed E-state index contributed by atoms with van der Waals surface area (Å²) in [5, 5.41) is 3.35. The number of ether oxygens (including phenoxy) is 3. The van der Waals surface area contributed by atoms with Crippen LogP contribution in [0.2, 0.25) is 0 Å². The zero-order valence-corrected chi connectivity index (χ0v) is 20.5. The fraction of sp³-hybridized carbons (Fsp3) is 0.615. The highest BCUT2D eigenvalue weighted by Crippen LogP contribution is 2.49. The van der Waals surface area contributed by atoms with E-state index in [2.05, 4.69) is 15.2 Å². The first-order chi connectivity index (χ1) is 16.0. The number of piperidine rings is 1. The summed E-state index contributed by atoms with van der Waals surface area (Å²) in [6.07, 6.45) is 7.18. The minimum absolute atomic E-state index is 0.224. The Morgan fingerprint density at radius 1 is 1.21 bits per heavy atom. The van der Waals surface area contributed by atoms with Crippen LogP contribution in [0, 0.1) is 17.8 Å². The number of benzene rings is 1. The zero-order chi connectivity index (χ0) is 23.6. The topological polar surface area (TPSA) is 72.4 Å². The normalized spacial score (nSPS) is 21.6. The lowest BCUT2D eigenvalue weighted by molar-refractivity contribution is -0.139. The number of methoxy groups -OCH3 is 2. The van der Waals surface area contributed by atoms with Gasteiger partial charge in [0.15, 0.2) is 5.96 Å². The molecule has 182 valence electrons. The van der Waals surface area contributed by atoms with Crippen molar-refractivity contribution in [1.29, 1.82) is 0 Å². The number of likely N-dealkylation sites (tertiary alicyclic amines) is 1. The van der Waals surface area contributed by atoms with Crippen molar-refractivity contribution in [2.24, 2.45) is 22.7 Å². The summed E-state index contributed by atoms with van der Waals surface area (Å²) < 4.78 is 15.8. The maximum Gasteiger partial charge on any atom is 0.309 e. The van der Waals surface area contributed by atoms with Gasteiger partial charge in [0.25, 0.3) is 0 Å². The summed E-state index contributed by atoms with van der Waals surface area (Å²) in [5.41, 5.74) is 2.09. The van der Waals surface area contributed by atoms with Gasteiger partial charge in [-0.25, -0.2) is 0 Å². The molecule has 2 atom stereocenters. The van der Waals surface area contributed by atoms with Gasteiger partial charge >= 0.3 is 5.97 Å². The highest BCUT2D eigenvalue weighted by atomic mass is 16.5. The van der Waals surface area contributed by atoms with Gasteiger partial charge in [0.05, 0.1) is 26.7 Å². The molecule has 1 aromatic rings. The summed E-state index contributed by atoms with van der Waals surface area (Å²) in [6, 6.07) is 7.73. The molecule has 0 amide bonds. The van der Waals surface area contributed by atoms with Gasteiger partial charge in [-0.15, -0.1) is 0 Å². The Hall–Kier alpha value is -2.54. The summed E-state index contributed by atoms with van der Waals surface area (Å²) in [6.45, 7) is 5.53. The average Bonchev–Trinajstić information content (AvgIpc) is 3.60. The summed E-state index contributed by atoms with van der Waals surface area (Å²) in [4.78, 5) is 18.2. The third-order valence-corrected chi connectivity index (χ3v) is 6.71. The third-order valence-electron chi connectivity index (χ3n) is 6.71. The van der Waals surface area contributed by atoms with Crippen LogP contribution in [0.1, 0.15) is 38.2 Å². The van der Waals surface area contributed by atoms with Gasteiger partial charge in [-0.2, -0.15) is 0 Å². The number of nitrogens with zero attached hydrogens (tertiary/aromatic N) is 2. The number of guanidine groups is 1. The lowest BCUT2D eigenvalue weighted by Crippen LogP contribution is -2.44. The number of carbonyl (C=O) groups is 1. The van der Waals surface area contributed by atoms with Gasteiger partial charge in [0.2, 0.25) is 0 Å². The van der Waals surface area contributed by atoms with E-state index in [1.807, 2.05) is 44.4 Å². The first-order valence-electron chi connectivity index (χ1n) is 12.0. The fourth-order valence-corrected chi connectivity index (χ4v) is 4.74. The van der Waals surface area contributed by atoms with E-state index in [9.17, 15) is 4.79 Å². The molecule has 1 saturated heterocycles. The van der Waals surface area contributed by atoms with Crippen molar-refractivity contribution >= 4 is 11.9 Å². The van der Waals surface area contributed by atoms with Crippen LogP contribution in [-0.4, -0.2) is 64.4 Å². The van der Waals surface area contributed by atoms with Crippen LogP contribution in [0.15, 0.2) is 41.0 Å². The molecule has 1 saturated carbocycles. The van der Waals surface area contributed by atoms with Crippen molar-refractivity contribution in [3.05, 3.63) is 41.6 Å². The molecule has 0 spiro atoms. The van der Waals surface area contributed by atoms with E-state index >= 15 is 0 Å². The number of hydrogen-bond donors (Lipinski definition) is 1. The molecule has 2 unspecified atom stereocenters. The predicted octanol–water partition coefficient (Wildman–Crippen LogP) is 3.64. The zero-order valence-electron chi connectivity index (χ0n) is 20.5. The molecule has 0 radical (unpaired) electrons. The second kappa shape index (κ2) is 12.6. The summed E-state index contributed by atoms with van der Waals surface area (Å²) in [7, 11) is 4.96. The number of esters is 1. The average molecular weight is 458 g/mol. The van der Waals surface area contributed by atoms with E-state index in [0.717, 1.165) is 66.7 Å². The number of nitrogens with one attached hydrogen (secondary N) is 1. The van der Waals surface area contributed by atoms with Crippen molar-refractivity contribution in [3.63, 3.8) is 0 Å². The van der Waals surface area contributed by atoms with Crippen molar-refractivity contribution in [2.75, 3.05) is 47.6 Å². The Morgan fingerprint density at radius 2 is 1.94 bits per heavy atom. The largest absolute Gasteiger partial charge is 0.494 e. The lowest BCUT2D eigenvalue weighted by atomic mass is 9.90. The molecule has 7 heteroatoms. The molecule has 1 heterocycles. The number of rotatable bonds is 10. The second-order valence-corrected chi connectivity index (χ2v) is 9.13. The minimum atomic E-state index is -0.224. The molecule has 1 N–H and O–H groups in total. The van der Waals surface area contributed by atoms with Crippen molar-refractivity contribution < 1.29 is 19.0 Å². The first-order valence-corrected chi connectivity index (χ1v) is 12.0. The molecule has 2 fully saturated rings. The van der Waals surface area contributed by atoms with E-state index in [0.29, 0.717) is 13.0 Å². The Bertz CT molecular complexity index is 813. The van der Waals surface area contributed by atoms with E-state index < -0.39 is 0 Å².